The lowest BCUT2D eigenvalue weighted by atomic mass is 10.1. The molecule has 0 saturated heterocycles. The van der Waals surface area contributed by atoms with E-state index in [1.165, 1.54) is 0 Å². The Morgan fingerprint density at radius 1 is 1.54 bits per heavy atom. The maximum atomic E-state index is 11.2. The summed E-state index contributed by atoms with van der Waals surface area (Å²) in [4.78, 5) is 11.2. The van der Waals surface area contributed by atoms with Crippen molar-refractivity contribution >= 4 is 28.4 Å². The van der Waals surface area contributed by atoms with Crippen LogP contribution in [0.1, 0.15) is 24.2 Å². The first kappa shape index (κ1) is 10.5. The molecule has 0 heterocycles. The van der Waals surface area contributed by atoms with Crippen molar-refractivity contribution in [2.24, 2.45) is 0 Å². The molecule has 1 aromatic rings. The number of hydrogen-bond acceptors (Lipinski definition) is 2. The van der Waals surface area contributed by atoms with Crippen molar-refractivity contribution in [3.63, 3.8) is 0 Å². The lowest BCUT2D eigenvalue weighted by molar-refractivity contribution is 0.101. The molecule has 2 nitrogen and oxygen atoms in total. The van der Waals surface area contributed by atoms with Crippen molar-refractivity contribution in [2.75, 3.05) is 6.61 Å². The van der Waals surface area contributed by atoms with Crippen LogP contribution < -0.4 is 4.74 Å². The molecule has 0 fully saturated rings. The third-order valence-electron chi connectivity index (χ3n) is 1.63. The SMILES string of the molecule is CCOc1ccc(I)c(C(C)=O)c1. The van der Waals surface area contributed by atoms with Crippen molar-refractivity contribution in [2.45, 2.75) is 13.8 Å². The lowest BCUT2D eigenvalue weighted by Crippen LogP contribution is -1.98. The minimum atomic E-state index is 0.0750. The van der Waals surface area contributed by atoms with Crippen LogP contribution in [0.3, 0.4) is 0 Å². The fourth-order valence-corrected chi connectivity index (χ4v) is 1.75. The highest BCUT2D eigenvalue weighted by atomic mass is 127. The minimum Gasteiger partial charge on any atom is -0.494 e. The highest BCUT2D eigenvalue weighted by Gasteiger charge is 2.05. The normalized spacial score (nSPS) is 9.77. The number of ether oxygens (including phenoxy) is 1. The molecular weight excluding hydrogens is 279 g/mol. The molecule has 0 aliphatic heterocycles. The first-order valence-electron chi connectivity index (χ1n) is 4.08. The number of carbonyl (C=O) groups is 1. The number of rotatable bonds is 3. The van der Waals surface area contributed by atoms with E-state index in [4.69, 9.17) is 4.74 Å². The Labute approximate surface area is 91.4 Å². The first-order chi connectivity index (χ1) is 6.15. The minimum absolute atomic E-state index is 0.0750. The Morgan fingerprint density at radius 3 is 2.77 bits per heavy atom. The first-order valence-corrected chi connectivity index (χ1v) is 5.16. The number of hydrogen-bond donors (Lipinski definition) is 0. The van der Waals surface area contributed by atoms with Crippen LogP contribution in [0.2, 0.25) is 0 Å². The van der Waals surface area contributed by atoms with Gasteiger partial charge in [-0.15, -0.1) is 0 Å². The average molecular weight is 290 g/mol. The van der Waals surface area contributed by atoms with Crippen molar-refractivity contribution in [1.29, 1.82) is 0 Å². The Kier molecular flexibility index (Phi) is 3.71. The molecule has 0 aliphatic rings. The van der Waals surface area contributed by atoms with Gasteiger partial charge in [-0.25, -0.2) is 0 Å². The monoisotopic (exact) mass is 290 g/mol. The van der Waals surface area contributed by atoms with Crippen LogP contribution in [-0.4, -0.2) is 12.4 Å². The zero-order valence-corrected chi connectivity index (χ0v) is 9.79. The summed E-state index contributed by atoms with van der Waals surface area (Å²) in [5.41, 5.74) is 0.728. The summed E-state index contributed by atoms with van der Waals surface area (Å²) in [5, 5.41) is 0. The molecule has 13 heavy (non-hydrogen) atoms. The average Bonchev–Trinajstić information content (AvgIpc) is 2.08. The van der Waals surface area contributed by atoms with Crippen LogP contribution in [-0.2, 0) is 0 Å². The Morgan fingerprint density at radius 2 is 2.23 bits per heavy atom. The summed E-state index contributed by atoms with van der Waals surface area (Å²) in [5.74, 6) is 0.832. The van der Waals surface area contributed by atoms with Crippen molar-refractivity contribution < 1.29 is 9.53 Å². The summed E-state index contributed by atoms with van der Waals surface area (Å²) in [6, 6.07) is 5.55. The summed E-state index contributed by atoms with van der Waals surface area (Å²) >= 11 is 2.14. The molecule has 0 N–H and O–H groups in total. The molecular formula is C10H11IO2. The lowest BCUT2D eigenvalue weighted by Gasteiger charge is -2.05. The van der Waals surface area contributed by atoms with Crippen LogP contribution in [0.4, 0.5) is 0 Å². The van der Waals surface area contributed by atoms with Crippen LogP contribution >= 0.6 is 22.6 Å². The molecule has 0 spiro atoms. The molecule has 1 aromatic carbocycles. The van der Waals surface area contributed by atoms with E-state index < -0.39 is 0 Å². The van der Waals surface area contributed by atoms with Gasteiger partial charge >= 0.3 is 0 Å². The smallest absolute Gasteiger partial charge is 0.161 e. The van der Waals surface area contributed by atoms with Crippen LogP contribution in [0.5, 0.6) is 5.75 Å². The van der Waals surface area contributed by atoms with E-state index in [-0.39, 0.29) is 5.78 Å². The predicted molar refractivity (Wildman–Crippen MR) is 60.3 cm³/mol. The second-order valence-electron chi connectivity index (χ2n) is 2.63. The quantitative estimate of drug-likeness (QED) is 0.632. The maximum absolute atomic E-state index is 11.2. The van der Waals surface area contributed by atoms with Crippen LogP contribution in [0.25, 0.3) is 0 Å². The topological polar surface area (TPSA) is 26.3 Å². The van der Waals surface area contributed by atoms with Gasteiger partial charge in [-0.05, 0) is 54.6 Å². The molecule has 3 heteroatoms. The molecule has 0 bridgehead atoms. The number of benzene rings is 1. The maximum Gasteiger partial charge on any atom is 0.161 e. The van der Waals surface area contributed by atoms with E-state index in [1.54, 1.807) is 13.0 Å². The summed E-state index contributed by atoms with van der Waals surface area (Å²) in [7, 11) is 0. The van der Waals surface area contributed by atoms with E-state index >= 15 is 0 Å². The second kappa shape index (κ2) is 4.60. The number of halogens is 1. The second-order valence-corrected chi connectivity index (χ2v) is 3.79. The fourth-order valence-electron chi connectivity index (χ4n) is 1.03. The van der Waals surface area contributed by atoms with Gasteiger partial charge in [0.15, 0.2) is 5.78 Å². The molecule has 0 atom stereocenters. The number of carbonyl (C=O) groups excluding carboxylic acids is 1. The zero-order chi connectivity index (χ0) is 9.84. The zero-order valence-electron chi connectivity index (χ0n) is 7.63. The summed E-state index contributed by atoms with van der Waals surface area (Å²) in [6.07, 6.45) is 0. The Hall–Kier alpha value is -0.580. The van der Waals surface area contributed by atoms with Crippen molar-refractivity contribution in [1.82, 2.24) is 0 Å². The van der Waals surface area contributed by atoms with Gasteiger partial charge in [0.1, 0.15) is 5.75 Å². The van der Waals surface area contributed by atoms with Gasteiger partial charge < -0.3 is 4.74 Å². The van der Waals surface area contributed by atoms with Crippen LogP contribution in [0, 0.1) is 3.57 Å². The largest absolute Gasteiger partial charge is 0.494 e. The van der Waals surface area contributed by atoms with E-state index in [1.807, 2.05) is 19.1 Å². The van der Waals surface area contributed by atoms with Gasteiger partial charge in [-0.3, -0.25) is 4.79 Å². The van der Waals surface area contributed by atoms with E-state index in [9.17, 15) is 4.79 Å². The molecule has 0 radical (unpaired) electrons. The molecule has 70 valence electrons. The Balaban J connectivity index is 3.04. The summed E-state index contributed by atoms with van der Waals surface area (Å²) < 4.78 is 6.26. The van der Waals surface area contributed by atoms with Gasteiger partial charge in [0.25, 0.3) is 0 Å². The molecule has 0 aromatic heterocycles. The summed E-state index contributed by atoms with van der Waals surface area (Å²) in [6.45, 7) is 4.11. The molecule has 0 unspecified atom stereocenters. The standard InChI is InChI=1S/C10H11IO2/c1-3-13-8-4-5-10(11)9(6-8)7(2)12/h4-6H,3H2,1-2H3. The third kappa shape index (κ3) is 2.69. The molecule has 1 rings (SSSR count). The van der Waals surface area contributed by atoms with Crippen molar-refractivity contribution in [3.8, 4) is 5.75 Å². The van der Waals surface area contributed by atoms with Crippen LogP contribution in [0.15, 0.2) is 18.2 Å². The van der Waals surface area contributed by atoms with E-state index in [2.05, 4.69) is 22.6 Å². The van der Waals surface area contributed by atoms with Gasteiger partial charge in [-0.1, -0.05) is 0 Å². The van der Waals surface area contributed by atoms with Gasteiger partial charge in [-0.2, -0.15) is 0 Å². The molecule has 0 saturated carbocycles. The fraction of sp³-hybridized carbons (Fsp3) is 0.300. The Bertz CT molecular complexity index is 321. The van der Waals surface area contributed by atoms with Crippen molar-refractivity contribution in [3.05, 3.63) is 27.3 Å². The van der Waals surface area contributed by atoms with Gasteiger partial charge in [0.2, 0.25) is 0 Å². The number of ketones is 1. The number of Topliss-reactive ketones (excluding diaryl/α,β-unsaturated/α-hetero) is 1. The highest BCUT2D eigenvalue weighted by Crippen LogP contribution is 2.19. The van der Waals surface area contributed by atoms with Gasteiger partial charge in [0.05, 0.1) is 6.61 Å². The molecule has 0 amide bonds. The third-order valence-corrected chi connectivity index (χ3v) is 2.57. The van der Waals surface area contributed by atoms with E-state index in [0.717, 1.165) is 14.9 Å². The predicted octanol–water partition coefficient (Wildman–Crippen LogP) is 2.89. The van der Waals surface area contributed by atoms with E-state index in [0.29, 0.717) is 6.61 Å². The van der Waals surface area contributed by atoms with Gasteiger partial charge in [0, 0.05) is 9.13 Å². The highest BCUT2D eigenvalue weighted by molar-refractivity contribution is 14.1. The molecule has 0 aliphatic carbocycles.